The third-order valence-electron chi connectivity index (χ3n) is 6.08. The number of ether oxygens (including phenoxy) is 2. The molecule has 0 atom stereocenters. The Kier molecular flexibility index (Phi) is 7.27. The predicted molar refractivity (Wildman–Crippen MR) is 137 cm³/mol. The molecule has 196 valence electrons. The fourth-order valence-electron chi connectivity index (χ4n) is 3.85. The Morgan fingerprint density at radius 1 is 1.11 bits per heavy atom. The van der Waals surface area contributed by atoms with Crippen molar-refractivity contribution in [3.05, 3.63) is 72.2 Å². The summed E-state index contributed by atoms with van der Waals surface area (Å²) in [6, 6.07) is 14.9. The van der Waals surface area contributed by atoms with Crippen molar-refractivity contribution in [3.63, 3.8) is 0 Å². The standard InChI is InChI=1S/C27H26F2N6O3/c1-2-27(28,29)16-30-24(36)15-38-21-5-3-4-18(10-21)25-34-23-14-37-13-22(23)26(35-25)33-20-8-6-17(7-9-20)19-11-31-32-12-19/h3-12H,2,13-16H2,1H3,(H,30,36)(H,31,32)(H,33,34,35). The van der Waals surface area contributed by atoms with Gasteiger partial charge in [-0.25, -0.2) is 18.7 Å². The van der Waals surface area contributed by atoms with E-state index in [9.17, 15) is 13.6 Å². The van der Waals surface area contributed by atoms with Crippen molar-refractivity contribution in [1.82, 2.24) is 25.5 Å². The predicted octanol–water partition coefficient (Wildman–Crippen LogP) is 4.85. The van der Waals surface area contributed by atoms with Crippen molar-refractivity contribution in [2.45, 2.75) is 32.5 Å². The maximum Gasteiger partial charge on any atom is 0.264 e. The van der Waals surface area contributed by atoms with Crippen molar-refractivity contribution in [2.24, 2.45) is 0 Å². The second kappa shape index (κ2) is 10.9. The Morgan fingerprint density at radius 3 is 2.71 bits per heavy atom. The topological polar surface area (TPSA) is 114 Å². The minimum absolute atomic E-state index is 0.352. The summed E-state index contributed by atoms with van der Waals surface area (Å²) in [5.41, 5.74) is 5.23. The molecule has 0 radical (unpaired) electrons. The number of amides is 1. The molecule has 38 heavy (non-hydrogen) atoms. The van der Waals surface area contributed by atoms with Gasteiger partial charge in [0.25, 0.3) is 11.8 Å². The van der Waals surface area contributed by atoms with Crippen LogP contribution in [0.3, 0.4) is 0 Å². The molecule has 1 amide bonds. The molecule has 11 heteroatoms. The Bertz CT molecular complexity index is 1410. The van der Waals surface area contributed by atoms with Crippen LogP contribution in [0.25, 0.3) is 22.5 Å². The highest BCUT2D eigenvalue weighted by Gasteiger charge is 2.26. The summed E-state index contributed by atoms with van der Waals surface area (Å²) in [6.45, 7) is 1.03. The van der Waals surface area contributed by atoms with Gasteiger partial charge in [0.2, 0.25) is 0 Å². The number of carbonyl (C=O) groups is 1. The lowest BCUT2D eigenvalue weighted by atomic mass is 10.1. The number of aromatic amines is 1. The summed E-state index contributed by atoms with van der Waals surface area (Å²) in [5, 5.41) is 12.4. The average Bonchev–Trinajstić information content (AvgIpc) is 3.64. The van der Waals surface area contributed by atoms with E-state index >= 15 is 0 Å². The van der Waals surface area contributed by atoms with E-state index in [2.05, 4.69) is 25.8 Å². The number of aromatic nitrogens is 4. The van der Waals surface area contributed by atoms with Crippen molar-refractivity contribution < 1.29 is 23.0 Å². The van der Waals surface area contributed by atoms with E-state index in [1.807, 2.05) is 36.5 Å². The quantitative estimate of drug-likeness (QED) is 0.274. The molecule has 0 fully saturated rings. The van der Waals surface area contributed by atoms with E-state index in [-0.39, 0.29) is 13.0 Å². The molecule has 0 aliphatic carbocycles. The zero-order valence-corrected chi connectivity index (χ0v) is 20.6. The lowest BCUT2D eigenvalue weighted by molar-refractivity contribution is -0.125. The number of carbonyl (C=O) groups excluding carboxylic acids is 1. The molecule has 1 aliphatic rings. The van der Waals surface area contributed by atoms with Gasteiger partial charge in [-0.2, -0.15) is 5.10 Å². The molecule has 4 aromatic rings. The zero-order chi connectivity index (χ0) is 26.5. The Labute approximate surface area is 217 Å². The number of nitrogens with one attached hydrogen (secondary N) is 3. The monoisotopic (exact) mass is 520 g/mol. The number of alkyl halides is 2. The first-order chi connectivity index (χ1) is 18.4. The fraction of sp³-hybridized carbons (Fsp3) is 0.259. The SMILES string of the molecule is CCC(F)(F)CNC(=O)COc1cccc(-c2nc3c(c(Nc4ccc(-c5cn[nH]c5)cc4)n2)COC3)c1. The molecule has 0 unspecified atom stereocenters. The maximum atomic E-state index is 13.4. The summed E-state index contributed by atoms with van der Waals surface area (Å²) in [4.78, 5) is 21.4. The Balaban J connectivity index is 1.31. The number of hydrogen-bond donors (Lipinski definition) is 3. The molecule has 3 N–H and O–H groups in total. The highest BCUT2D eigenvalue weighted by Crippen LogP contribution is 2.31. The van der Waals surface area contributed by atoms with Gasteiger partial charge >= 0.3 is 0 Å². The summed E-state index contributed by atoms with van der Waals surface area (Å²) in [6.07, 6.45) is 3.24. The largest absolute Gasteiger partial charge is 0.484 e. The molecule has 2 aromatic carbocycles. The summed E-state index contributed by atoms with van der Waals surface area (Å²) < 4.78 is 37.9. The van der Waals surface area contributed by atoms with Crippen molar-refractivity contribution in [1.29, 1.82) is 0 Å². The van der Waals surface area contributed by atoms with Crippen LogP contribution in [0.5, 0.6) is 5.75 Å². The van der Waals surface area contributed by atoms with Crippen LogP contribution in [0.1, 0.15) is 24.6 Å². The van der Waals surface area contributed by atoms with E-state index < -0.39 is 18.4 Å². The fourth-order valence-corrected chi connectivity index (χ4v) is 3.85. The zero-order valence-electron chi connectivity index (χ0n) is 20.6. The minimum atomic E-state index is -2.95. The first-order valence-corrected chi connectivity index (χ1v) is 12.1. The van der Waals surface area contributed by atoms with Crippen LogP contribution in [0.2, 0.25) is 0 Å². The highest BCUT2D eigenvalue weighted by atomic mass is 19.3. The van der Waals surface area contributed by atoms with E-state index in [1.54, 1.807) is 24.4 Å². The van der Waals surface area contributed by atoms with E-state index in [4.69, 9.17) is 14.5 Å². The van der Waals surface area contributed by atoms with Crippen molar-refractivity contribution >= 4 is 17.4 Å². The summed E-state index contributed by atoms with van der Waals surface area (Å²) in [7, 11) is 0. The van der Waals surface area contributed by atoms with E-state index in [1.165, 1.54) is 6.92 Å². The average molecular weight is 521 g/mol. The number of hydrogen-bond acceptors (Lipinski definition) is 7. The van der Waals surface area contributed by atoms with Crippen LogP contribution in [0.15, 0.2) is 60.9 Å². The van der Waals surface area contributed by atoms with Crippen LogP contribution < -0.4 is 15.4 Å². The van der Waals surface area contributed by atoms with Crippen LogP contribution in [0, 0.1) is 0 Å². The van der Waals surface area contributed by atoms with Gasteiger partial charge in [0.05, 0.1) is 31.6 Å². The summed E-state index contributed by atoms with van der Waals surface area (Å²) in [5.74, 6) is -2.08. The first-order valence-electron chi connectivity index (χ1n) is 12.1. The summed E-state index contributed by atoms with van der Waals surface area (Å²) >= 11 is 0. The van der Waals surface area contributed by atoms with Crippen molar-refractivity contribution in [3.8, 4) is 28.3 Å². The van der Waals surface area contributed by atoms with E-state index in [0.717, 1.165) is 28.1 Å². The molecule has 0 bridgehead atoms. The van der Waals surface area contributed by atoms with Gasteiger partial charge in [-0.3, -0.25) is 9.89 Å². The van der Waals surface area contributed by atoms with Gasteiger partial charge in [-0.15, -0.1) is 0 Å². The molecule has 0 saturated heterocycles. The van der Waals surface area contributed by atoms with Crippen molar-refractivity contribution in [2.75, 3.05) is 18.5 Å². The van der Waals surface area contributed by atoms with Crippen LogP contribution in [-0.2, 0) is 22.7 Å². The lowest BCUT2D eigenvalue weighted by Crippen LogP contribution is -2.38. The molecule has 0 spiro atoms. The number of halogens is 2. The Hall–Kier alpha value is -4.38. The van der Waals surface area contributed by atoms with Gasteiger partial charge in [-0.1, -0.05) is 31.2 Å². The molecular formula is C27H26F2N6O3. The van der Waals surface area contributed by atoms with Gasteiger partial charge < -0.3 is 20.1 Å². The van der Waals surface area contributed by atoms with Gasteiger partial charge in [0.15, 0.2) is 12.4 Å². The third kappa shape index (κ3) is 5.94. The second-order valence-corrected chi connectivity index (χ2v) is 8.81. The number of rotatable bonds is 10. The Morgan fingerprint density at radius 2 is 1.95 bits per heavy atom. The van der Waals surface area contributed by atoms with Gasteiger partial charge in [0.1, 0.15) is 11.6 Å². The molecular weight excluding hydrogens is 494 g/mol. The molecule has 9 nitrogen and oxygen atoms in total. The van der Waals surface area contributed by atoms with E-state index in [0.29, 0.717) is 36.2 Å². The highest BCUT2D eigenvalue weighted by molar-refractivity contribution is 5.77. The number of nitrogens with zero attached hydrogens (tertiary/aromatic N) is 3. The molecule has 5 rings (SSSR count). The third-order valence-corrected chi connectivity index (χ3v) is 6.08. The first kappa shape index (κ1) is 25.3. The number of H-pyrrole nitrogens is 1. The number of anilines is 2. The smallest absolute Gasteiger partial charge is 0.264 e. The van der Waals surface area contributed by atoms with Crippen LogP contribution in [0.4, 0.5) is 20.3 Å². The second-order valence-electron chi connectivity index (χ2n) is 8.81. The number of fused-ring (bicyclic) bond motifs is 1. The molecule has 0 saturated carbocycles. The van der Waals surface area contributed by atoms with Gasteiger partial charge in [-0.05, 0) is 29.8 Å². The van der Waals surface area contributed by atoms with Gasteiger partial charge in [0, 0.05) is 35.0 Å². The van der Waals surface area contributed by atoms with Crippen LogP contribution in [-0.4, -0.2) is 45.1 Å². The van der Waals surface area contributed by atoms with Crippen LogP contribution >= 0.6 is 0 Å². The normalized spacial score (nSPS) is 12.7. The maximum absolute atomic E-state index is 13.4. The minimum Gasteiger partial charge on any atom is -0.484 e. The number of benzene rings is 2. The lowest BCUT2D eigenvalue weighted by Gasteiger charge is -2.15. The molecule has 1 aliphatic heterocycles. The molecule has 2 aromatic heterocycles. The molecule has 3 heterocycles.